The maximum Gasteiger partial charge on any atom is 0.268 e. The normalized spacial score (nSPS) is 11.1. The topological polar surface area (TPSA) is 65.8 Å². The molecule has 0 unspecified atom stereocenters. The number of hydrogen-bond acceptors (Lipinski definition) is 5. The highest BCUT2D eigenvalue weighted by molar-refractivity contribution is 7.14. The summed E-state index contributed by atoms with van der Waals surface area (Å²) in [7, 11) is 0. The highest BCUT2D eigenvalue weighted by Gasteiger charge is 2.12. The first kappa shape index (κ1) is 16.1. The Balaban J connectivity index is 1.90. The summed E-state index contributed by atoms with van der Waals surface area (Å²) in [6.07, 6.45) is 2.99. The van der Waals surface area contributed by atoms with E-state index < -0.39 is 5.91 Å². The summed E-state index contributed by atoms with van der Waals surface area (Å²) < 4.78 is 14.0. The number of amides is 1. The average Bonchev–Trinajstić information content (AvgIpc) is 3.27. The van der Waals surface area contributed by atoms with Gasteiger partial charge in [-0.2, -0.15) is 5.26 Å². The predicted molar refractivity (Wildman–Crippen MR) is 94.0 cm³/mol. The van der Waals surface area contributed by atoms with Crippen LogP contribution in [0.2, 0.25) is 0 Å². The number of carbonyl (C=O) groups is 1. The number of nitrogens with one attached hydrogen (secondary N) is 1. The number of benzene rings is 1. The van der Waals surface area contributed by atoms with Gasteiger partial charge in [-0.15, -0.1) is 22.7 Å². The van der Waals surface area contributed by atoms with Gasteiger partial charge in [-0.25, -0.2) is 9.37 Å². The molecule has 0 radical (unpaired) electrons. The predicted octanol–water partition coefficient (Wildman–Crippen LogP) is 4.56. The van der Waals surface area contributed by atoms with Gasteiger partial charge in [-0.3, -0.25) is 10.1 Å². The van der Waals surface area contributed by atoms with Gasteiger partial charge in [0.05, 0.1) is 0 Å². The molecule has 0 aliphatic carbocycles. The number of aromatic nitrogens is 1. The molecule has 0 bridgehead atoms. The van der Waals surface area contributed by atoms with E-state index in [4.69, 9.17) is 0 Å². The van der Waals surface area contributed by atoms with E-state index >= 15 is 0 Å². The molecule has 7 heteroatoms. The van der Waals surface area contributed by atoms with Crippen LogP contribution in [0.15, 0.2) is 52.9 Å². The van der Waals surface area contributed by atoms with Gasteiger partial charge < -0.3 is 0 Å². The minimum atomic E-state index is -0.547. The summed E-state index contributed by atoms with van der Waals surface area (Å²) in [4.78, 5) is 16.8. The molecule has 1 amide bonds. The van der Waals surface area contributed by atoms with Crippen molar-refractivity contribution in [3.63, 3.8) is 0 Å². The van der Waals surface area contributed by atoms with Crippen molar-refractivity contribution in [3.05, 3.63) is 64.2 Å². The Hall–Kier alpha value is -2.82. The number of nitrogens with zero attached hydrogens (tertiary/aromatic N) is 2. The van der Waals surface area contributed by atoms with Crippen LogP contribution in [-0.4, -0.2) is 10.9 Å². The summed E-state index contributed by atoms with van der Waals surface area (Å²) in [6.45, 7) is 0. The molecule has 0 aliphatic heterocycles. The first-order valence-corrected chi connectivity index (χ1v) is 8.59. The van der Waals surface area contributed by atoms with Gasteiger partial charge >= 0.3 is 0 Å². The average molecular weight is 355 g/mol. The molecule has 1 N–H and O–H groups in total. The summed E-state index contributed by atoms with van der Waals surface area (Å²) in [5.74, 6) is -0.894. The third kappa shape index (κ3) is 3.56. The summed E-state index contributed by atoms with van der Waals surface area (Å²) in [6, 6.07) is 10.00. The first-order chi connectivity index (χ1) is 11.7. The number of carbonyl (C=O) groups excluding carboxylic acids is 1. The Kier molecular flexibility index (Phi) is 4.79. The minimum Gasteiger partial charge on any atom is -0.297 e. The van der Waals surface area contributed by atoms with Crippen LogP contribution in [-0.2, 0) is 4.79 Å². The largest absolute Gasteiger partial charge is 0.297 e. The van der Waals surface area contributed by atoms with Gasteiger partial charge in [-0.05, 0) is 35.2 Å². The number of anilines is 1. The van der Waals surface area contributed by atoms with Crippen LogP contribution in [0, 0.1) is 17.1 Å². The van der Waals surface area contributed by atoms with Crippen molar-refractivity contribution < 1.29 is 9.18 Å². The molecule has 0 saturated heterocycles. The zero-order chi connectivity index (χ0) is 16.9. The SMILES string of the molecule is N#C/C(=C\c1ccc(F)c(-c2cccs2)c1)C(=O)Nc1nccs1. The second-order valence-corrected chi connectivity index (χ2v) is 6.52. The van der Waals surface area contributed by atoms with Crippen molar-refractivity contribution in [1.82, 2.24) is 4.98 Å². The van der Waals surface area contributed by atoms with Crippen molar-refractivity contribution in [1.29, 1.82) is 5.26 Å². The number of hydrogen-bond donors (Lipinski definition) is 1. The number of nitriles is 1. The molecule has 2 aromatic heterocycles. The van der Waals surface area contributed by atoms with Crippen LogP contribution < -0.4 is 5.32 Å². The van der Waals surface area contributed by atoms with Gasteiger partial charge in [-0.1, -0.05) is 12.1 Å². The van der Waals surface area contributed by atoms with Crippen molar-refractivity contribution in [2.24, 2.45) is 0 Å². The highest BCUT2D eigenvalue weighted by Crippen LogP contribution is 2.28. The number of rotatable bonds is 4. The van der Waals surface area contributed by atoms with E-state index in [0.29, 0.717) is 16.3 Å². The molecular weight excluding hydrogens is 345 g/mol. The fourth-order valence-corrected chi connectivity index (χ4v) is 3.29. The molecule has 0 saturated carbocycles. The Bertz CT molecular complexity index is 925. The van der Waals surface area contributed by atoms with Crippen LogP contribution in [0.1, 0.15) is 5.56 Å². The molecule has 3 aromatic rings. The molecule has 0 aliphatic rings. The van der Waals surface area contributed by atoms with Crippen LogP contribution in [0.3, 0.4) is 0 Å². The monoisotopic (exact) mass is 355 g/mol. The van der Waals surface area contributed by atoms with E-state index in [1.54, 1.807) is 17.6 Å². The molecule has 3 rings (SSSR count). The molecule has 4 nitrogen and oxygen atoms in total. The quantitative estimate of drug-likeness (QED) is 0.551. The molecule has 0 spiro atoms. The lowest BCUT2D eigenvalue weighted by molar-refractivity contribution is -0.112. The molecule has 118 valence electrons. The highest BCUT2D eigenvalue weighted by atomic mass is 32.1. The van der Waals surface area contributed by atoms with Crippen LogP contribution in [0.5, 0.6) is 0 Å². The first-order valence-electron chi connectivity index (χ1n) is 6.83. The zero-order valence-corrected chi connectivity index (χ0v) is 13.8. The summed E-state index contributed by atoms with van der Waals surface area (Å²) in [5, 5.41) is 15.8. The number of thiazole rings is 1. The molecule has 24 heavy (non-hydrogen) atoms. The molecule has 1 aromatic carbocycles. The lowest BCUT2D eigenvalue weighted by Gasteiger charge is -2.04. The maximum absolute atomic E-state index is 14.0. The van der Waals surface area contributed by atoms with Gasteiger partial charge in [0.2, 0.25) is 0 Å². The van der Waals surface area contributed by atoms with Crippen LogP contribution in [0.25, 0.3) is 16.5 Å². The van der Waals surface area contributed by atoms with Gasteiger partial charge in [0, 0.05) is 22.0 Å². The summed E-state index contributed by atoms with van der Waals surface area (Å²) >= 11 is 2.68. The van der Waals surface area contributed by atoms with Crippen molar-refractivity contribution in [3.8, 4) is 16.5 Å². The van der Waals surface area contributed by atoms with Crippen LogP contribution in [0.4, 0.5) is 9.52 Å². The summed E-state index contributed by atoms with van der Waals surface area (Å²) in [5.41, 5.74) is 0.941. The van der Waals surface area contributed by atoms with E-state index in [-0.39, 0.29) is 11.4 Å². The van der Waals surface area contributed by atoms with E-state index in [9.17, 15) is 14.4 Å². The van der Waals surface area contributed by atoms with Crippen LogP contribution >= 0.6 is 22.7 Å². The van der Waals surface area contributed by atoms with Gasteiger partial charge in [0.1, 0.15) is 17.5 Å². The Labute approximate surface area is 145 Å². The Morgan fingerprint density at radius 1 is 1.29 bits per heavy atom. The number of thiophene rings is 1. The minimum absolute atomic E-state index is 0.0751. The molecule has 0 atom stereocenters. The van der Waals surface area contributed by atoms with E-state index in [2.05, 4.69) is 10.3 Å². The smallest absolute Gasteiger partial charge is 0.268 e. The van der Waals surface area contributed by atoms with Crippen molar-refractivity contribution >= 4 is 39.8 Å². The third-order valence-electron chi connectivity index (χ3n) is 3.11. The lowest BCUT2D eigenvalue weighted by atomic mass is 10.1. The van der Waals surface area contributed by atoms with Gasteiger partial charge in [0.25, 0.3) is 5.91 Å². The molecular formula is C17H10FN3OS2. The van der Waals surface area contributed by atoms with Gasteiger partial charge in [0.15, 0.2) is 5.13 Å². The van der Waals surface area contributed by atoms with E-state index in [1.165, 1.54) is 40.9 Å². The van der Waals surface area contributed by atoms with Crippen molar-refractivity contribution in [2.45, 2.75) is 0 Å². The van der Waals surface area contributed by atoms with E-state index in [0.717, 1.165) is 4.88 Å². The second kappa shape index (κ2) is 7.17. The van der Waals surface area contributed by atoms with Crippen molar-refractivity contribution in [2.75, 3.05) is 5.32 Å². The molecule has 0 fully saturated rings. The van der Waals surface area contributed by atoms with E-state index in [1.807, 2.05) is 23.6 Å². The number of halogens is 1. The molecule has 2 heterocycles. The zero-order valence-electron chi connectivity index (χ0n) is 12.2. The fraction of sp³-hybridized carbons (Fsp3) is 0. The fourth-order valence-electron chi connectivity index (χ4n) is 2.02. The third-order valence-corrected chi connectivity index (χ3v) is 4.70. The Morgan fingerprint density at radius 2 is 2.17 bits per heavy atom. The second-order valence-electron chi connectivity index (χ2n) is 4.68. The lowest BCUT2D eigenvalue weighted by Crippen LogP contribution is -2.13. The maximum atomic E-state index is 14.0. The Morgan fingerprint density at radius 3 is 2.83 bits per heavy atom. The standard InChI is InChI=1S/C17H10FN3OS2/c18-14-4-3-11(9-13(14)15-2-1-6-23-15)8-12(10-19)16(22)21-17-20-5-7-24-17/h1-9H,(H,20,21,22)/b12-8+.